The number of rotatable bonds is 3. The Morgan fingerprint density at radius 3 is 2.76 bits per heavy atom. The van der Waals surface area contributed by atoms with Gasteiger partial charge in [-0.1, -0.05) is 12.8 Å². The number of aromatic nitrogens is 2. The first-order chi connectivity index (χ1) is 8.00. The first-order valence-corrected chi connectivity index (χ1v) is 7.17. The van der Waals surface area contributed by atoms with Crippen LogP contribution in [0.2, 0.25) is 0 Å². The fourth-order valence-corrected chi connectivity index (χ4v) is 3.56. The van der Waals surface area contributed by atoms with Gasteiger partial charge in [-0.15, -0.1) is 0 Å². The molecule has 1 aromatic rings. The summed E-state index contributed by atoms with van der Waals surface area (Å²) in [4.78, 5) is 0. The van der Waals surface area contributed by atoms with E-state index in [-0.39, 0.29) is 11.1 Å². The van der Waals surface area contributed by atoms with E-state index in [4.69, 9.17) is 0 Å². The van der Waals surface area contributed by atoms with Crippen molar-refractivity contribution in [2.75, 3.05) is 0 Å². The summed E-state index contributed by atoms with van der Waals surface area (Å²) in [5, 5.41) is 13.7. The smallest absolute Gasteiger partial charge is 0.258 e. The van der Waals surface area contributed by atoms with Crippen LogP contribution in [-0.4, -0.2) is 35.5 Å². The zero-order valence-electron chi connectivity index (χ0n) is 9.70. The highest BCUT2D eigenvalue weighted by atomic mass is 32.2. The molecular weight excluding hydrogens is 242 g/mol. The van der Waals surface area contributed by atoms with Crippen LogP contribution in [0.5, 0.6) is 0 Å². The summed E-state index contributed by atoms with van der Waals surface area (Å²) in [7, 11) is -2.01. The minimum Gasteiger partial charge on any atom is -0.391 e. The molecule has 1 aliphatic carbocycles. The van der Waals surface area contributed by atoms with E-state index in [1.807, 2.05) is 0 Å². The lowest BCUT2D eigenvalue weighted by molar-refractivity contribution is 0.101. The van der Waals surface area contributed by atoms with Crippen molar-refractivity contribution in [2.45, 2.75) is 42.9 Å². The number of sulfonamides is 1. The van der Waals surface area contributed by atoms with Gasteiger partial charge in [-0.3, -0.25) is 4.68 Å². The van der Waals surface area contributed by atoms with Gasteiger partial charge in [0.2, 0.25) is 0 Å². The lowest BCUT2D eigenvalue weighted by atomic mass is 9.93. The number of nitrogens with zero attached hydrogens (tertiary/aromatic N) is 2. The minimum atomic E-state index is -3.59. The summed E-state index contributed by atoms with van der Waals surface area (Å²) in [5.41, 5.74) is 0. The fraction of sp³-hybridized carbons (Fsp3) is 0.700. The third-order valence-electron chi connectivity index (χ3n) is 3.09. The molecule has 0 unspecified atom stereocenters. The summed E-state index contributed by atoms with van der Waals surface area (Å²) in [6.45, 7) is 0. The van der Waals surface area contributed by atoms with Gasteiger partial charge in [0.1, 0.15) is 0 Å². The van der Waals surface area contributed by atoms with E-state index in [0.29, 0.717) is 12.8 Å². The standard InChI is InChI=1S/C10H17N3O3S/c1-13-10(6-7-11-13)17(15,16)12-8-4-2-3-5-9(8)14/h6-9,12,14H,2-5H2,1H3/t8-,9-/m1/s1. The Labute approximate surface area is 101 Å². The predicted molar refractivity (Wildman–Crippen MR) is 61.8 cm³/mol. The number of hydrogen-bond acceptors (Lipinski definition) is 4. The van der Waals surface area contributed by atoms with Gasteiger partial charge >= 0.3 is 0 Å². The van der Waals surface area contributed by atoms with E-state index >= 15 is 0 Å². The highest BCUT2D eigenvalue weighted by molar-refractivity contribution is 7.89. The van der Waals surface area contributed by atoms with Crippen molar-refractivity contribution in [2.24, 2.45) is 7.05 Å². The van der Waals surface area contributed by atoms with Crippen LogP contribution in [0.3, 0.4) is 0 Å². The molecule has 1 fully saturated rings. The van der Waals surface area contributed by atoms with Crippen molar-refractivity contribution in [3.63, 3.8) is 0 Å². The maximum Gasteiger partial charge on any atom is 0.258 e. The Morgan fingerprint density at radius 1 is 1.47 bits per heavy atom. The zero-order chi connectivity index (χ0) is 12.5. The van der Waals surface area contributed by atoms with Gasteiger partial charge in [-0.05, 0) is 18.9 Å². The third kappa shape index (κ3) is 2.67. The molecule has 0 saturated heterocycles. The first kappa shape index (κ1) is 12.5. The second kappa shape index (κ2) is 4.75. The molecular formula is C10H17N3O3S. The molecule has 0 spiro atoms. The van der Waals surface area contributed by atoms with E-state index in [0.717, 1.165) is 12.8 Å². The van der Waals surface area contributed by atoms with Crippen molar-refractivity contribution in [3.05, 3.63) is 12.3 Å². The van der Waals surface area contributed by atoms with Crippen LogP contribution in [-0.2, 0) is 17.1 Å². The van der Waals surface area contributed by atoms with Crippen LogP contribution in [0, 0.1) is 0 Å². The molecule has 1 heterocycles. The number of hydrogen-bond donors (Lipinski definition) is 2. The van der Waals surface area contributed by atoms with E-state index < -0.39 is 16.1 Å². The van der Waals surface area contributed by atoms with E-state index in [1.165, 1.54) is 16.9 Å². The van der Waals surface area contributed by atoms with Crippen LogP contribution in [0.25, 0.3) is 0 Å². The SMILES string of the molecule is Cn1nccc1S(=O)(=O)N[C@@H]1CCCC[C@H]1O. The molecule has 0 amide bonds. The molecule has 7 heteroatoms. The normalized spacial score (nSPS) is 26.0. The average Bonchev–Trinajstić information content (AvgIpc) is 2.68. The Hall–Kier alpha value is -0.920. The number of aliphatic hydroxyl groups excluding tert-OH is 1. The molecule has 1 aromatic heterocycles. The Morgan fingerprint density at radius 2 is 2.18 bits per heavy atom. The van der Waals surface area contributed by atoms with Gasteiger partial charge in [0.05, 0.1) is 12.3 Å². The molecule has 96 valence electrons. The predicted octanol–water partition coefficient (Wildman–Crippen LogP) is 0.00190. The summed E-state index contributed by atoms with van der Waals surface area (Å²) in [6.07, 6.45) is 4.07. The molecule has 1 saturated carbocycles. The molecule has 0 bridgehead atoms. The van der Waals surface area contributed by atoms with Crippen LogP contribution in [0.15, 0.2) is 17.3 Å². The largest absolute Gasteiger partial charge is 0.391 e. The maximum absolute atomic E-state index is 12.0. The summed E-state index contributed by atoms with van der Waals surface area (Å²) < 4.78 is 27.9. The van der Waals surface area contributed by atoms with Gasteiger partial charge in [-0.25, -0.2) is 13.1 Å². The summed E-state index contributed by atoms with van der Waals surface area (Å²) in [6, 6.07) is 1.06. The van der Waals surface area contributed by atoms with Gasteiger partial charge in [0.15, 0.2) is 5.03 Å². The van der Waals surface area contributed by atoms with Gasteiger partial charge in [0, 0.05) is 13.1 Å². The Balaban J connectivity index is 2.15. The summed E-state index contributed by atoms with van der Waals surface area (Å²) in [5.74, 6) is 0. The van der Waals surface area contributed by atoms with E-state index in [9.17, 15) is 13.5 Å². The van der Waals surface area contributed by atoms with E-state index in [1.54, 1.807) is 7.05 Å². The molecule has 0 aromatic carbocycles. The number of nitrogens with one attached hydrogen (secondary N) is 1. The van der Waals surface area contributed by atoms with Crippen LogP contribution in [0.4, 0.5) is 0 Å². The molecule has 0 aliphatic heterocycles. The maximum atomic E-state index is 12.0. The minimum absolute atomic E-state index is 0.121. The molecule has 6 nitrogen and oxygen atoms in total. The average molecular weight is 259 g/mol. The Kier molecular flexibility index (Phi) is 3.50. The molecule has 1 aliphatic rings. The highest BCUT2D eigenvalue weighted by Gasteiger charge is 2.29. The Bertz CT molecular complexity index is 483. The number of aryl methyl sites for hydroxylation is 1. The van der Waals surface area contributed by atoms with Crippen molar-refractivity contribution in [1.82, 2.24) is 14.5 Å². The first-order valence-electron chi connectivity index (χ1n) is 5.69. The van der Waals surface area contributed by atoms with Crippen molar-refractivity contribution in [3.8, 4) is 0 Å². The molecule has 2 atom stereocenters. The third-order valence-corrected chi connectivity index (χ3v) is 4.65. The summed E-state index contributed by atoms with van der Waals surface area (Å²) >= 11 is 0. The molecule has 2 N–H and O–H groups in total. The van der Waals surface area contributed by atoms with Crippen LogP contribution in [0.1, 0.15) is 25.7 Å². The van der Waals surface area contributed by atoms with Crippen molar-refractivity contribution >= 4 is 10.0 Å². The monoisotopic (exact) mass is 259 g/mol. The quantitative estimate of drug-likeness (QED) is 0.800. The molecule has 0 radical (unpaired) electrons. The van der Waals surface area contributed by atoms with E-state index in [2.05, 4.69) is 9.82 Å². The molecule has 2 rings (SSSR count). The van der Waals surface area contributed by atoms with Crippen LogP contribution < -0.4 is 4.72 Å². The van der Waals surface area contributed by atoms with Crippen molar-refractivity contribution < 1.29 is 13.5 Å². The molecule has 17 heavy (non-hydrogen) atoms. The van der Waals surface area contributed by atoms with Crippen molar-refractivity contribution in [1.29, 1.82) is 0 Å². The lowest BCUT2D eigenvalue weighted by Crippen LogP contribution is -2.45. The topological polar surface area (TPSA) is 84.2 Å². The highest BCUT2D eigenvalue weighted by Crippen LogP contribution is 2.20. The van der Waals surface area contributed by atoms with Crippen LogP contribution >= 0.6 is 0 Å². The lowest BCUT2D eigenvalue weighted by Gasteiger charge is -2.27. The zero-order valence-corrected chi connectivity index (χ0v) is 10.5. The van der Waals surface area contributed by atoms with Gasteiger partial charge < -0.3 is 5.11 Å². The second-order valence-electron chi connectivity index (χ2n) is 4.37. The van der Waals surface area contributed by atoms with Gasteiger partial charge in [-0.2, -0.15) is 5.10 Å². The fourth-order valence-electron chi connectivity index (χ4n) is 2.13. The van der Waals surface area contributed by atoms with Gasteiger partial charge in [0.25, 0.3) is 10.0 Å². The number of aliphatic hydroxyl groups is 1. The second-order valence-corrected chi connectivity index (χ2v) is 6.03.